The average Bonchev–Trinajstić information content (AvgIpc) is 2.49. The van der Waals surface area contributed by atoms with Gasteiger partial charge in [0.05, 0.1) is 0 Å². The summed E-state index contributed by atoms with van der Waals surface area (Å²) in [5.41, 5.74) is 0. The topological polar surface area (TPSA) is 6.48 Å². The summed E-state index contributed by atoms with van der Waals surface area (Å²) < 4.78 is 0. The van der Waals surface area contributed by atoms with Gasteiger partial charge >= 0.3 is 0 Å². The van der Waals surface area contributed by atoms with Crippen LogP contribution < -0.4 is 0 Å². The molecule has 1 rings (SSSR count). The minimum Gasteiger partial charge on any atom is -0.350 e. The molecule has 0 fully saturated rings. The molecule has 0 saturated carbocycles. The van der Waals surface area contributed by atoms with Gasteiger partial charge in [-0.05, 0) is 22.4 Å². The summed E-state index contributed by atoms with van der Waals surface area (Å²) in [6, 6.07) is 0. The number of nitrogens with zero attached hydrogens (tertiary/aromatic N) is 2. The van der Waals surface area contributed by atoms with E-state index in [1.165, 1.54) is 38.6 Å². The Kier molecular flexibility index (Phi) is 5.38. The highest BCUT2D eigenvalue weighted by Crippen LogP contribution is 2.19. The Hall–Kier alpha value is -0.180. The Morgan fingerprint density at radius 3 is 2.43 bits per heavy atom. The van der Waals surface area contributed by atoms with Gasteiger partial charge in [-0.15, -0.1) is 0 Å². The highest BCUT2D eigenvalue weighted by Gasteiger charge is 2.18. The Balaban J connectivity index is 2.05. The lowest BCUT2D eigenvalue weighted by Gasteiger charge is -2.25. The van der Waals surface area contributed by atoms with Gasteiger partial charge in [-0.1, -0.05) is 32.6 Å². The van der Waals surface area contributed by atoms with Gasteiger partial charge in [0.25, 0.3) is 0 Å². The van der Waals surface area contributed by atoms with Crippen molar-refractivity contribution < 1.29 is 0 Å². The first-order valence-corrected chi connectivity index (χ1v) is 6.47. The molecule has 1 atom stereocenters. The van der Waals surface area contributed by atoms with Gasteiger partial charge < -0.3 is 9.80 Å². The minimum atomic E-state index is 0.369. The summed E-state index contributed by atoms with van der Waals surface area (Å²) in [6.07, 6.45) is 11.0. The molecule has 0 N–H and O–H groups in total. The second kappa shape index (κ2) is 6.33. The molecule has 0 aromatic heterocycles. The number of unbranched alkanes of at least 4 members (excludes halogenated alkanes) is 4. The van der Waals surface area contributed by atoms with Crippen LogP contribution in [-0.2, 0) is 0 Å². The average molecular weight is 261 g/mol. The molecule has 14 heavy (non-hydrogen) atoms. The summed E-state index contributed by atoms with van der Waals surface area (Å²) >= 11 is 3.64. The van der Waals surface area contributed by atoms with E-state index in [1.807, 2.05) is 0 Å². The molecule has 1 aliphatic heterocycles. The van der Waals surface area contributed by atoms with Crippen LogP contribution in [0, 0.1) is 0 Å². The molecule has 0 aromatic carbocycles. The molecule has 0 spiro atoms. The lowest BCUT2D eigenvalue weighted by molar-refractivity contribution is 0.264. The minimum absolute atomic E-state index is 0.369. The van der Waals surface area contributed by atoms with E-state index in [-0.39, 0.29) is 0 Å². The van der Waals surface area contributed by atoms with Crippen molar-refractivity contribution in [3.8, 4) is 0 Å². The summed E-state index contributed by atoms with van der Waals surface area (Å²) in [6.45, 7) is 3.42. The van der Waals surface area contributed by atoms with Crippen LogP contribution in [0.15, 0.2) is 12.4 Å². The van der Waals surface area contributed by atoms with Crippen LogP contribution in [0.25, 0.3) is 0 Å². The molecule has 82 valence electrons. The second-order valence-electron chi connectivity index (χ2n) is 3.93. The standard InChI is InChI=1S/C11H21BrN2/c1-3-4-5-6-7-8-14-10-9-13(2)11(14)12/h9-11H,3-8H2,1-2H3. The first-order chi connectivity index (χ1) is 6.75. The van der Waals surface area contributed by atoms with Gasteiger partial charge in [-0.3, -0.25) is 0 Å². The summed E-state index contributed by atoms with van der Waals surface area (Å²) in [5, 5.41) is 0.369. The van der Waals surface area contributed by atoms with Crippen molar-refractivity contribution >= 4 is 15.9 Å². The van der Waals surface area contributed by atoms with E-state index in [9.17, 15) is 0 Å². The molecule has 0 amide bonds. The van der Waals surface area contributed by atoms with Crippen molar-refractivity contribution in [2.75, 3.05) is 13.6 Å². The van der Waals surface area contributed by atoms with E-state index < -0.39 is 0 Å². The maximum absolute atomic E-state index is 3.64. The third-order valence-corrected chi connectivity index (χ3v) is 3.79. The van der Waals surface area contributed by atoms with Gasteiger partial charge in [0.15, 0.2) is 5.08 Å². The highest BCUT2D eigenvalue weighted by atomic mass is 79.9. The Morgan fingerprint density at radius 1 is 1.14 bits per heavy atom. The van der Waals surface area contributed by atoms with E-state index in [0.29, 0.717) is 5.08 Å². The van der Waals surface area contributed by atoms with Gasteiger partial charge in [0.2, 0.25) is 0 Å². The van der Waals surface area contributed by atoms with Crippen molar-refractivity contribution in [2.24, 2.45) is 0 Å². The van der Waals surface area contributed by atoms with Crippen LogP contribution in [0.4, 0.5) is 0 Å². The van der Waals surface area contributed by atoms with Crippen LogP contribution in [0.5, 0.6) is 0 Å². The molecule has 1 unspecified atom stereocenters. The van der Waals surface area contributed by atoms with Crippen molar-refractivity contribution in [3.05, 3.63) is 12.4 Å². The predicted molar refractivity (Wildman–Crippen MR) is 65.1 cm³/mol. The van der Waals surface area contributed by atoms with Crippen LogP contribution in [0.2, 0.25) is 0 Å². The quantitative estimate of drug-likeness (QED) is 0.411. The van der Waals surface area contributed by atoms with E-state index in [4.69, 9.17) is 0 Å². The zero-order chi connectivity index (χ0) is 10.4. The fourth-order valence-corrected chi connectivity index (χ4v) is 2.12. The number of hydrogen-bond acceptors (Lipinski definition) is 2. The first-order valence-electron chi connectivity index (χ1n) is 5.55. The van der Waals surface area contributed by atoms with Crippen LogP contribution in [-0.4, -0.2) is 28.5 Å². The molecule has 0 radical (unpaired) electrons. The number of halogens is 1. The number of hydrogen-bond donors (Lipinski definition) is 0. The maximum Gasteiger partial charge on any atom is 0.158 e. The third kappa shape index (κ3) is 3.52. The highest BCUT2D eigenvalue weighted by molar-refractivity contribution is 9.09. The lowest BCUT2D eigenvalue weighted by atomic mass is 10.1. The smallest absolute Gasteiger partial charge is 0.158 e. The van der Waals surface area contributed by atoms with E-state index in [0.717, 1.165) is 0 Å². The van der Waals surface area contributed by atoms with E-state index >= 15 is 0 Å². The van der Waals surface area contributed by atoms with Crippen LogP contribution in [0.1, 0.15) is 39.0 Å². The van der Waals surface area contributed by atoms with Gasteiger partial charge in [-0.25, -0.2) is 0 Å². The molecule has 0 aliphatic carbocycles. The van der Waals surface area contributed by atoms with E-state index in [2.05, 4.69) is 52.1 Å². The van der Waals surface area contributed by atoms with Crippen molar-refractivity contribution in [2.45, 2.75) is 44.1 Å². The molecule has 3 heteroatoms. The Bertz CT molecular complexity index is 182. The fourth-order valence-electron chi connectivity index (χ4n) is 1.65. The molecule has 1 heterocycles. The van der Waals surface area contributed by atoms with Gasteiger partial charge in [0, 0.05) is 26.0 Å². The molecular formula is C11H21BrN2. The van der Waals surface area contributed by atoms with E-state index in [1.54, 1.807) is 0 Å². The SMILES string of the molecule is CCCCCCCN1C=CN(C)C1Br. The molecular weight excluding hydrogens is 240 g/mol. The monoisotopic (exact) mass is 260 g/mol. The fraction of sp³-hybridized carbons (Fsp3) is 0.818. The van der Waals surface area contributed by atoms with Crippen molar-refractivity contribution in [1.29, 1.82) is 0 Å². The summed E-state index contributed by atoms with van der Waals surface area (Å²) in [7, 11) is 2.09. The molecule has 1 aliphatic rings. The van der Waals surface area contributed by atoms with Crippen molar-refractivity contribution in [3.63, 3.8) is 0 Å². The van der Waals surface area contributed by atoms with Crippen LogP contribution >= 0.6 is 15.9 Å². The van der Waals surface area contributed by atoms with Crippen molar-refractivity contribution in [1.82, 2.24) is 9.80 Å². The molecule has 2 nitrogen and oxygen atoms in total. The number of alkyl halides is 1. The molecule has 0 saturated heterocycles. The van der Waals surface area contributed by atoms with Gasteiger partial charge in [-0.2, -0.15) is 0 Å². The summed E-state index contributed by atoms with van der Waals surface area (Å²) in [5.74, 6) is 0. The normalized spacial score (nSPS) is 20.9. The first kappa shape index (κ1) is 11.9. The third-order valence-electron chi connectivity index (χ3n) is 2.62. The second-order valence-corrected chi connectivity index (χ2v) is 4.75. The summed E-state index contributed by atoms with van der Waals surface area (Å²) in [4.78, 5) is 4.51. The Labute approximate surface area is 96.1 Å². The lowest BCUT2D eigenvalue weighted by Crippen LogP contribution is -2.31. The zero-order valence-electron chi connectivity index (χ0n) is 9.25. The molecule has 0 aromatic rings. The zero-order valence-corrected chi connectivity index (χ0v) is 10.8. The Morgan fingerprint density at radius 2 is 1.86 bits per heavy atom. The van der Waals surface area contributed by atoms with Gasteiger partial charge in [0.1, 0.15) is 0 Å². The van der Waals surface area contributed by atoms with Crippen LogP contribution in [0.3, 0.4) is 0 Å². The largest absolute Gasteiger partial charge is 0.350 e. The number of rotatable bonds is 6. The predicted octanol–water partition coefficient (Wildman–Crippen LogP) is 3.35. The molecule has 0 bridgehead atoms. The maximum atomic E-state index is 3.64.